The minimum atomic E-state index is -3.77. The van der Waals surface area contributed by atoms with E-state index in [1.165, 1.54) is 6.21 Å². The summed E-state index contributed by atoms with van der Waals surface area (Å²) < 4.78 is 43.0. The van der Waals surface area contributed by atoms with Gasteiger partial charge in [-0.05, 0) is 67.4 Å². The average molecular weight is 560 g/mol. The number of ether oxygens (including phenoxy) is 3. The van der Waals surface area contributed by atoms with Gasteiger partial charge in [-0.25, -0.2) is 13.8 Å². The second-order valence-corrected chi connectivity index (χ2v) is 10.4. The van der Waals surface area contributed by atoms with Crippen molar-refractivity contribution in [3.63, 3.8) is 0 Å². The molecule has 9 nitrogen and oxygen atoms in total. The number of para-hydroxylation sites is 2. The molecule has 3 aromatic rings. The van der Waals surface area contributed by atoms with E-state index in [0.717, 1.165) is 16.1 Å². The highest BCUT2D eigenvalue weighted by atomic mass is 35.5. The molecule has 0 atom stereocenters. The molecule has 1 N–H and O–H groups in total. The number of nitrogens with one attached hydrogen (secondary N) is 1. The number of hydrogen-bond acceptors (Lipinski definition) is 7. The van der Waals surface area contributed by atoms with Crippen LogP contribution >= 0.6 is 11.6 Å². The largest absolute Gasteiger partial charge is 0.492 e. The molecule has 0 saturated carbocycles. The van der Waals surface area contributed by atoms with Crippen LogP contribution in [0.3, 0.4) is 0 Å². The molecule has 0 aliphatic rings. The second kappa shape index (κ2) is 13.7. The Hall–Kier alpha value is -3.76. The summed E-state index contributed by atoms with van der Waals surface area (Å²) in [6.07, 6.45) is 2.46. The van der Waals surface area contributed by atoms with Crippen molar-refractivity contribution in [2.45, 2.75) is 20.5 Å². The highest BCUT2D eigenvalue weighted by molar-refractivity contribution is 7.92. The van der Waals surface area contributed by atoms with Gasteiger partial charge in [0.05, 0.1) is 31.4 Å². The van der Waals surface area contributed by atoms with Crippen LogP contribution in [-0.4, -0.2) is 46.6 Å². The summed E-state index contributed by atoms with van der Waals surface area (Å²) in [5.74, 6) is 0.816. The van der Waals surface area contributed by atoms with Gasteiger partial charge in [0.2, 0.25) is 10.0 Å². The third-order valence-corrected chi connectivity index (χ3v) is 6.48. The summed E-state index contributed by atoms with van der Waals surface area (Å²) in [5.41, 5.74) is 4.25. The first-order chi connectivity index (χ1) is 18.2. The van der Waals surface area contributed by atoms with Crippen LogP contribution in [0, 0.1) is 0 Å². The van der Waals surface area contributed by atoms with Gasteiger partial charge in [-0.2, -0.15) is 5.10 Å². The molecular formula is C27H30ClN3O6S. The van der Waals surface area contributed by atoms with E-state index < -0.39 is 22.5 Å². The maximum Gasteiger partial charge on any atom is 0.260 e. The van der Waals surface area contributed by atoms with Crippen LogP contribution in [0.1, 0.15) is 25.0 Å². The van der Waals surface area contributed by atoms with E-state index in [0.29, 0.717) is 47.7 Å². The lowest BCUT2D eigenvalue weighted by Crippen LogP contribution is -2.39. The minimum Gasteiger partial charge on any atom is -0.492 e. The van der Waals surface area contributed by atoms with Gasteiger partial charge in [0.15, 0.2) is 11.5 Å². The van der Waals surface area contributed by atoms with Crippen LogP contribution in [0.15, 0.2) is 71.8 Å². The molecule has 0 bridgehead atoms. The first kappa shape index (κ1) is 28.8. The highest BCUT2D eigenvalue weighted by Crippen LogP contribution is 2.30. The Bertz CT molecular complexity index is 1360. The third-order valence-electron chi connectivity index (χ3n) is 5.10. The highest BCUT2D eigenvalue weighted by Gasteiger charge is 2.23. The number of carbonyl (C=O) groups is 1. The molecule has 1 amide bonds. The lowest BCUT2D eigenvalue weighted by Gasteiger charge is -2.23. The standard InChI is InChI=1S/C27H30ClN3O6S/c1-4-35-24-9-7-6-8-23(24)31(38(3,33)34)18-27(32)30-29-17-21-12-15-25(26(16-21)36-5-2)37-19-20-10-13-22(28)14-11-20/h6-17H,4-5,18-19H2,1-3H3,(H,30,32)/b29-17-. The van der Waals surface area contributed by atoms with Crippen LogP contribution in [0.2, 0.25) is 5.02 Å². The molecule has 0 fully saturated rings. The molecule has 0 aliphatic heterocycles. The van der Waals surface area contributed by atoms with Crippen molar-refractivity contribution in [3.8, 4) is 17.2 Å². The first-order valence-corrected chi connectivity index (χ1v) is 14.1. The van der Waals surface area contributed by atoms with Crippen LogP contribution in [0.25, 0.3) is 0 Å². The van der Waals surface area contributed by atoms with Gasteiger partial charge in [-0.15, -0.1) is 0 Å². The zero-order chi connectivity index (χ0) is 27.5. The molecule has 3 aromatic carbocycles. The monoisotopic (exact) mass is 559 g/mol. The van der Waals surface area contributed by atoms with Crippen LogP contribution in [0.5, 0.6) is 17.2 Å². The van der Waals surface area contributed by atoms with Crippen molar-refractivity contribution < 1.29 is 27.4 Å². The molecule has 0 spiro atoms. The molecule has 0 radical (unpaired) electrons. The van der Waals surface area contributed by atoms with Gasteiger partial charge in [0.25, 0.3) is 5.91 Å². The van der Waals surface area contributed by atoms with E-state index in [1.807, 2.05) is 19.1 Å². The van der Waals surface area contributed by atoms with Gasteiger partial charge in [0.1, 0.15) is 18.9 Å². The molecule has 0 heterocycles. The summed E-state index contributed by atoms with van der Waals surface area (Å²) >= 11 is 5.93. The van der Waals surface area contributed by atoms with Crippen molar-refractivity contribution in [2.24, 2.45) is 5.10 Å². The zero-order valence-electron chi connectivity index (χ0n) is 21.4. The van der Waals surface area contributed by atoms with E-state index in [9.17, 15) is 13.2 Å². The number of benzene rings is 3. The van der Waals surface area contributed by atoms with Crippen molar-refractivity contribution in [1.82, 2.24) is 5.43 Å². The molecule has 11 heteroatoms. The average Bonchev–Trinajstić information content (AvgIpc) is 2.88. The molecule has 0 aromatic heterocycles. The van der Waals surface area contributed by atoms with Gasteiger partial charge in [-0.1, -0.05) is 35.9 Å². The lowest BCUT2D eigenvalue weighted by atomic mass is 10.2. The molecule has 0 unspecified atom stereocenters. The summed E-state index contributed by atoms with van der Waals surface area (Å²) in [6, 6.07) is 19.2. The van der Waals surface area contributed by atoms with Gasteiger partial charge >= 0.3 is 0 Å². The maximum absolute atomic E-state index is 12.6. The van der Waals surface area contributed by atoms with Gasteiger partial charge in [-0.3, -0.25) is 9.10 Å². The zero-order valence-corrected chi connectivity index (χ0v) is 23.0. The summed E-state index contributed by atoms with van der Waals surface area (Å²) in [4.78, 5) is 12.6. The van der Waals surface area contributed by atoms with Crippen LogP contribution < -0.4 is 23.9 Å². The smallest absolute Gasteiger partial charge is 0.260 e. The number of hydrazone groups is 1. The molecule has 3 rings (SSSR count). The molecule has 0 aliphatic carbocycles. The Balaban J connectivity index is 1.67. The fraction of sp³-hybridized carbons (Fsp3) is 0.259. The van der Waals surface area contributed by atoms with Crippen molar-refractivity contribution in [2.75, 3.05) is 30.3 Å². The van der Waals surface area contributed by atoms with Crippen LogP contribution in [-0.2, 0) is 21.4 Å². The molecular weight excluding hydrogens is 530 g/mol. The van der Waals surface area contributed by atoms with Crippen molar-refractivity contribution in [3.05, 3.63) is 82.9 Å². The van der Waals surface area contributed by atoms with Crippen molar-refractivity contribution >= 4 is 39.4 Å². The number of amides is 1. The van der Waals surface area contributed by atoms with E-state index in [-0.39, 0.29) is 5.69 Å². The van der Waals surface area contributed by atoms with Crippen molar-refractivity contribution in [1.29, 1.82) is 0 Å². The van der Waals surface area contributed by atoms with Gasteiger partial charge < -0.3 is 14.2 Å². The first-order valence-electron chi connectivity index (χ1n) is 11.9. The Morgan fingerprint density at radius 1 is 0.947 bits per heavy atom. The topological polar surface area (TPSA) is 107 Å². The summed E-state index contributed by atoms with van der Waals surface area (Å²) in [5, 5.41) is 4.63. The molecule has 202 valence electrons. The van der Waals surface area contributed by atoms with Gasteiger partial charge in [0, 0.05) is 5.02 Å². The number of rotatable bonds is 13. The fourth-order valence-electron chi connectivity index (χ4n) is 3.40. The van der Waals surface area contributed by atoms with Crippen LogP contribution in [0.4, 0.5) is 5.69 Å². The van der Waals surface area contributed by atoms with E-state index in [1.54, 1.807) is 61.5 Å². The number of carbonyl (C=O) groups excluding carboxylic acids is 1. The number of hydrogen-bond donors (Lipinski definition) is 1. The van der Waals surface area contributed by atoms with E-state index in [2.05, 4.69) is 10.5 Å². The van der Waals surface area contributed by atoms with E-state index >= 15 is 0 Å². The molecule has 0 saturated heterocycles. The number of nitrogens with zero attached hydrogens (tertiary/aromatic N) is 2. The minimum absolute atomic E-state index is 0.270. The Labute approximate surface area is 228 Å². The Morgan fingerprint density at radius 3 is 2.32 bits per heavy atom. The Morgan fingerprint density at radius 2 is 1.63 bits per heavy atom. The number of halogens is 1. The Kier molecular flexibility index (Phi) is 10.4. The summed E-state index contributed by atoms with van der Waals surface area (Å²) in [7, 11) is -3.77. The lowest BCUT2D eigenvalue weighted by molar-refractivity contribution is -0.119. The predicted molar refractivity (Wildman–Crippen MR) is 149 cm³/mol. The maximum atomic E-state index is 12.6. The quantitative estimate of drug-likeness (QED) is 0.242. The molecule has 38 heavy (non-hydrogen) atoms. The number of anilines is 1. The summed E-state index contributed by atoms with van der Waals surface area (Å²) in [6.45, 7) is 4.30. The fourth-order valence-corrected chi connectivity index (χ4v) is 4.39. The SMILES string of the molecule is CCOc1cc(/C=N\NC(=O)CN(c2ccccc2OCC)S(C)(=O)=O)ccc1OCc1ccc(Cl)cc1. The second-order valence-electron chi connectivity index (χ2n) is 8.02. The normalized spacial score (nSPS) is 11.3. The predicted octanol–water partition coefficient (Wildman–Crippen LogP) is 4.63. The van der Waals surface area contributed by atoms with E-state index in [4.69, 9.17) is 25.8 Å². The third kappa shape index (κ3) is 8.39. The number of sulfonamides is 1.